The van der Waals surface area contributed by atoms with Gasteiger partial charge in [0.15, 0.2) is 5.75 Å². The van der Waals surface area contributed by atoms with Crippen molar-refractivity contribution in [1.82, 2.24) is 0 Å². The fourth-order valence-corrected chi connectivity index (χ4v) is 1.67. The fourth-order valence-electron chi connectivity index (χ4n) is 1.11. The van der Waals surface area contributed by atoms with Crippen molar-refractivity contribution in [3.63, 3.8) is 0 Å². The number of rotatable bonds is 2. The summed E-state index contributed by atoms with van der Waals surface area (Å²) in [5.74, 6) is 0.313. The Kier molecular flexibility index (Phi) is 2.87. The summed E-state index contributed by atoms with van der Waals surface area (Å²) in [6, 6.07) is 3.19. The van der Waals surface area contributed by atoms with Crippen molar-refractivity contribution in [2.75, 3.05) is 7.11 Å². The molecule has 0 saturated carbocycles. The van der Waals surface area contributed by atoms with Crippen LogP contribution >= 0.6 is 15.9 Å². The lowest BCUT2D eigenvalue weighted by molar-refractivity contribution is -0.385. The van der Waals surface area contributed by atoms with Crippen molar-refractivity contribution in [3.05, 3.63) is 32.3 Å². The smallest absolute Gasteiger partial charge is 0.312 e. The number of methoxy groups -OCH3 is 1. The first-order valence-corrected chi connectivity index (χ1v) is 4.34. The maximum atomic E-state index is 10.6. The topological polar surface area (TPSA) is 52.4 Å². The van der Waals surface area contributed by atoms with Crippen LogP contribution in [-0.4, -0.2) is 12.0 Å². The molecule has 1 rings (SSSR count). The third kappa shape index (κ3) is 1.98. The fraction of sp³-hybridized carbons (Fsp3) is 0.250. The maximum absolute atomic E-state index is 10.6. The largest absolute Gasteiger partial charge is 0.490 e. The number of hydrogen-bond acceptors (Lipinski definition) is 3. The second-order valence-electron chi connectivity index (χ2n) is 2.53. The average Bonchev–Trinajstić information content (AvgIpc) is 2.02. The van der Waals surface area contributed by atoms with E-state index >= 15 is 0 Å². The predicted molar refractivity (Wildman–Crippen MR) is 52.1 cm³/mol. The summed E-state index contributed by atoms with van der Waals surface area (Å²) in [5.41, 5.74) is 0.720. The monoisotopic (exact) mass is 245 g/mol. The molecule has 0 saturated heterocycles. The number of halogens is 1. The molecule has 0 N–H and O–H groups in total. The molecule has 0 heterocycles. The van der Waals surface area contributed by atoms with E-state index in [1.807, 2.05) is 0 Å². The van der Waals surface area contributed by atoms with Gasteiger partial charge in [-0.3, -0.25) is 10.1 Å². The quantitative estimate of drug-likeness (QED) is 0.595. The standard InChI is InChI=1S/C8H8BrNO3/c1-5-3-6(9)4-7(10(11)12)8(5)13-2/h3-4H,1-2H3. The molecule has 0 spiro atoms. The normalized spacial score (nSPS) is 9.77. The van der Waals surface area contributed by atoms with Crippen LogP contribution in [0.1, 0.15) is 5.56 Å². The van der Waals surface area contributed by atoms with Crippen LogP contribution < -0.4 is 4.74 Å². The summed E-state index contributed by atoms with van der Waals surface area (Å²) in [7, 11) is 1.42. The molecule has 0 aliphatic heterocycles. The number of nitro groups is 1. The predicted octanol–water partition coefficient (Wildman–Crippen LogP) is 2.67. The number of aryl methyl sites for hydroxylation is 1. The first-order valence-electron chi connectivity index (χ1n) is 3.54. The van der Waals surface area contributed by atoms with E-state index in [-0.39, 0.29) is 5.69 Å². The lowest BCUT2D eigenvalue weighted by atomic mass is 10.2. The van der Waals surface area contributed by atoms with E-state index in [9.17, 15) is 10.1 Å². The highest BCUT2D eigenvalue weighted by atomic mass is 79.9. The second-order valence-corrected chi connectivity index (χ2v) is 3.45. The van der Waals surface area contributed by atoms with Crippen molar-refractivity contribution in [1.29, 1.82) is 0 Å². The zero-order valence-electron chi connectivity index (χ0n) is 7.20. The summed E-state index contributed by atoms with van der Waals surface area (Å²) < 4.78 is 5.61. The lowest BCUT2D eigenvalue weighted by Gasteiger charge is -2.05. The van der Waals surface area contributed by atoms with Crippen LogP contribution in [0.5, 0.6) is 5.75 Å². The van der Waals surface area contributed by atoms with Crippen LogP contribution in [0, 0.1) is 17.0 Å². The van der Waals surface area contributed by atoms with Crippen LogP contribution in [-0.2, 0) is 0 Å². The highest BCUT2D eigenvalue weighted by Crippen LogP contribution is 2.33. The van der Waals surface area contributed by atoms with Crippen molar-refractivity contribution in [2.24, 2.45) is 0 Å². The van der Waals surface area contributed by atoms with Crippen molar-refractivity contribution < 1.29 is 9.66 Å². The molecule has 1 aromatic carbocycles. The molecule has 0 unspecified atom stereocenters. The number of nitro benzene ring substituents is 1. The molecule has 1 aromatic rings. The van der Waals surface area contributed by atoms with Gasteiger partial charge < -0.3 is 4.74 Å². The molecule has 0 atom stereocenters. The molecule has 13 heavy (non-hydrogen) atoms. The Morgan fingerprint density at radius 3 is 2.62 bits per heavy atom. The van der Waals surface area contributed by atoms with E-state index in [2.05, 4.69) is 15.9 Å². The molecule has 5 heteroatoms. The average molecular weight is 246 g/mol. The Labute approximate surface area is 83.8 Å². The number of benzene rings is 1. The van der Waals surface area contributed by atoms with Crippen molar-refractivity contribution in [3.8, 4) is 5.75 Å². The van der Waals surface area contributed by atoms with Gasteiger partial charge in [0.25, 0.3) is 0 Å². The third-order valence-corrected chi connectivity index (χ3v) is 2.08. The highest BCUT2D eigenvalue weighted by Gasteiger charge is 2.17. The van der Waals surface area contributed by atoms with Gasteiger partial charge in [-0.25, -0.2) is 0 Å². The summed E-state index contributed by atoms with van der Waals surface area (Å²) in [4.78, 5) is 10.1. The van der Waals surface area contributed by atoms with E-state index in [1.54, 1.807) is 13.0 Å². The van der Waals surface area contributed by atoms with E-state index in [1.165, 1.54) is 13.2 Å². The van der Waals surface area contributed by atoms with E-state index < -0.39 is 4.92 Å². The van der Waals surface area contributed by atoms with Crippen LogP contribution in [0.25, 0.3) is 0 Å². The van der Waals surface area contributed by atoms with Crippen LogP contribution in [0.3, 0.4) is 0 Å². The molecule has 0 amide bonds. The Morgan fingerprint density at radius 1 is 1.54 bits per heavy atom. The second kappa shape index (κ2) is 3.74. The van der Waals surface area contributed by atoms with Gasteiger partial charge in [-0.05, 0) is 18.6 Å². The first-order chi connectivity index (χ1) is 6.06. The summed E-state index contributed by atoms with van der Waals surface area (Å²) in [6.45, 7) is 1.76. The zero-order valence-corrected chi connectivity index (χ0v) is 8.79. The van der Waals surface area contributed by atoms with E-state index in [4.69, 9.17) is 4.74 Å². The lowest BCUT2D eigenvalue weighted by Crippen LogP contribution is -1.95. The van der Waals surface area contributed by atoms with Gasteiger partial charge in [0, 0.05) is 10.5 Å². The Balaban J connectivity index is 3.38. The minimum Gasteiger partial charge on any atom is -0.490 e. The third-order valence-electron chi connectivity index (χ3n) is 1.62. The van der Waals surface area contributed by atoms with E-state index in [0.29, 0.717) is 10.2 Å². The highest BCUT2D eigenvalue weighted by molar-refractivity contribution is 9.10. The first kappa shape index (κ1) is 9.98. The van der Waals surface area contributed by atoms with Gasteiger partial charge >= 0.3 is 5.69 Å². The van der Waals surface area contributed by atoms with Crippen LogP contribution in [0.2, 0.25) is 0 Å². The van der Waals surface area contributed by atoms with Crippen molar-refractivity contribution >= 4 is 21.6 Å². The van der Waals surface area contributed by atoms with Crippen LogP contribution in [0.15, 0.2) is 16.6 Å². The van der Waals surface area contributed by atoms with E-state index in [0.717, 1.165) is 5.56 Å². The molecule has 0 fully saturated rings. The summed E-state index contributed by atoms with van der Waals surface area (Å²) in [6.07, 6.45) is 0. The molecular weight excluding hydrogens is 238 g/mol. The Morgan fingerprint density at radius 2 is 2.15 bits per heavy atom. The molecule has 0 aromatic heterocycles. The Bertz CT molecular complexity index is 351. The molecular formula is C8H8BrNO3. The van der Waals surface area contributed by atoms with Gasteiger partial charge in [-0.2, -0.15) is 0 Å². The summed E-state index contributed by atoms with van der Waals surface area (Å²) in [5, 5.41) is 10.6. The molecule has 0 aliphatic rings. The molecule has 4 nitrogen and oxygen atoms in total. The maximum Gasteiger partial charge on any atom is 0.312 e. The van der Waals surface area contributed by atoms with Crippen LogP contribution in [0.4, 0.5) is 5.69 Å². The van der Waals surface area contributed by atoms with Gasteiger partial charge in [0.1, 0.15) is 0 Å². The Hall–Kier alpha value is -1.10. The number of hydrogen-bond donors (Lipinski definition) is 0. The van der Waals surface area contributed by atoms with Gasteiger partial charge in [-0.1, -0.05) is 15.9 Å². The van der Waals surface area contributed by atoms with Gasteiger partial charge in [-0.15, -0.1) is 0 Å². The molecule has 0 aliphatic carbocycles. The number of ether oxygens (including phenoxy) is 1. The molecule has 0 bridgehead atoms. The zero-order chi connectivity index (χ0) is 10.0. The van der Waals surface area contributed by atoms with Gasteiger partial charge in [0.2, 0.25) is 0 Å². The molecule has 70 valence electrons. The molecule has 0 radical (unpaired) electrons. The minimum absolute atomic E-state index is 0.0191. The number of nitrogens with zero attached hydrogens (tertiary/aromatic N) is 1. The van der Waals surface area contributed by atoms with Crippen molar-refractivity contribution in [2.45, 2.75) is 6.92 Å². The SMILES string of the molecule is COc1c(C)cc(Br)cc1[N+](=O)[O-]. The van der Waals surface area contributed by atoms with Gasteiger partial charge in [0.05, 0.1) is 12.0 Å². The minimum atomic E-state index is -0.462. The summed E-state index contributed by atoms with van der Waals surface area (Å²) >= 11 is 3.18.